The maximum atomic E-state index is 12.2. The van der Waals surface area contributed by atoms with Crippen molar-refractivity contribution >= 4 is 11.9 Å². The second-order valence-corrected chi connectivity index (χ2v) is 5.22. The van der Waals surface area contributed by atoms with Gasteiger partial charge in [0.2, 0.25) is 0 Å². The van der Waals surface area contributed by atoms with E-state index in [2.05, 4.69) is 4.98 Å². The van der Waals surface area contributed by atoms with Crippen LogP contribution in [0.1, 0.15) is 18.2 Å². The van der Waals surface area contributed by atoms with Gasteiger partial charge >= 0.3 is 11.9 Å². The first kappa shape index (κ1) is 18.4. The van der Waals surface area contributed by atoms with Crippen LogP contribution in [0.2, 0.25) is 0 Å². The number of hydrogen-bond donors (Lipinski definition) is 4. The smallest absolute Gasteiger partial charge is 0.392 e. The van der Waals surface area contributed by atoms with Crippen molar-refractivity contribution in [3.63, 3.8) is 0 Å². The lowest BCUT2D eigenvalue weighted by Crippen LogP contribution is -2.36. The van der Waals surface area contributed by atoms with Gasteiger partial charge in [0.15, 0.2) is 6.23 Å². The van der Waals surface area contributed by atoms with Gasteiger partial charge in [-0.2, -0.15) is 18.2 Å². The van der Waals surface area contributed by atoms with Crippen LogP contribution in [0, 0.1) is 0 Å². The minimum absolute atomic E-state index is 0.0107. The lowest BCUT2D eigenvalue weighted by Gasteiger charge is -2.18. The largest absolute Gasteiger partial charge is 0.394 e. The Morgan fingerprint density at radius 2 is 2.04 bits per heavy atom. The number of alkyl halides is 3. The molecule has 0 radical (unpaired) electrons. The van der Waals surface area contributed by atoms with Gasteiger partial charge in [-0.25, -0.2) is 4.79 Å². The average Bonchev–Trinajstić information content (AvgIpc) is 2.76. The van der Waals surface area contributed by atoms with Gasteiger partial charge in [-0.1, -0.05) is 12.2 Å². The van der Waals surface area contributed by atoms with Crippen molar-refractivity contribution in [2.45, 2.75) is 37.1 Å². The molecule has 2 rings (SSSR count). The van der Waals surface area contributed by atoms with E-state index in [1.807, 2.05) is 0 Å². The normalized spacial score (nSPS) is 27.9. The van der Waals surface area contributed by atoms with Crippen molar-refractivity contribution in [3.8, 4) is 0 Å². The van der Waals surface area contributed by atoms with Gasteiger partial charge in [0.1, 0.15) is 24.1 Å². The third-order valence-electron chi connectivity index (χ3n) is 3.45. The number of halogens is 3. The summed E-state index contributed by atoms with van der Waals surface area (Å²) in [4.78, 5) is 15.4. The molecule has 2 heterocycles. The summed E-state index contributed by atoms with van der Waals surface area (Å²) in [7, 11) is 0. The molecule has 0 amide bonds. The van der Waals surface area contributed by atoms with Crippen LogP contribution in [0.25, 0.3) is 6.08 Å². The fourth-order valence-electron chi connectivity index (χ4n) is 2.24. The second-order valence-electron chi connectivity index (χ2n) is 5.22. The number of aromatic nitrogens is 2. The highest BCUT2D eigenvalue weighted by atomic mass is 19.4. The summed E-state index contributed by atoms with van der Waals surface area (Å²) in [6.45, 7) is -0.593. The number of aliphatic hydroxyl groups excluding tert-OH is 3. The summed E-state index contributed by atoms with van der Waals surface area (Å²) in [5.41, 5.74) is 4.59. The van der Waals surface area contributed by atoms with Crippen molar-refractivity contribution in [1.82, 2.24) is 9.55 Å². The quantitative estimate of drug-likeness (QED) is 0.570. The van der Waals surface area contributed by atoms with E-state index in [0.717, 1.165) is 22.9 Å². The monoisotopic (exact) mass is 351 g/mol. The predicted octanol–water partition coefficient (Wildman–Crippen LogP) is -0.597. The fraction of sp³-hybridized carbons (Fsp3) is 0.538. The minimum atomic E-state index is -4.39. The molecule has 1 aliphatic heterocycles. The minimum Gasteiger partial charge on any atom is -0.394 e. The number of ether oxygens (including phenoxy) is 1. The van der Waals surface area contributed by atoms with Gasteiger partial charge < -0.3 is 25.8 Å². The van der Waals surface area contributed by atoms with Crippen LogP contribution < -0.4 is 11.4 Å². The van der Waals surface area contributed by atoms with E-state index < -0.39 is 49.4 Å². The van der Waals surface area contributed by atoms with Gasteiger partial charge in [0.05, 0.1) is 13.0 Å². The molecule has 4 atom stereocenters. The molecule has 24 heavy (non-hydrogen) atoms. The van der Waals surface area contributed by atoms with Gasteiger partial charge in [-0.3, -0.25) is 4.57 Å². The maximum Gasteiger partial charge on any atom is 0.392 e. The number of nitrogen functional groups attached to an aromatic ring is 1. The first-order valence-corrected chi connectivity index (χ1v) is 6.88. The van der Waals surface area contributed by atoms with Crippen molar-refractivity contribution in [2.24, 2.45) is 0 Å². The van der Waals surface area contributed by atoms with Gasteiger partial charge in [-0.15, -0.1) is 0 Å². The Labute approximate surface area is 133 Å². The topological polar surface area (TPSA) is 131 Å². The molecule has 5 N–H and O–H groups in total. The Morgan fingerprint density at radius 3 is 2.58 bits per heavy atom. The number of nitrogens with two attached hydrogens (primary N) is 1. The number of aliphatic hydroxyl groups is 3. The Kier molecular flexibility index (Phi) is 5.28. The van der Waals surface area contributed by atoms with Crippen LogP contribution in [0.4, 0.5) is 19.0 Å². The van der Waals surface area contributed by atoms with Crippen LogP contribution in [-0.2, 0) is 4.74 Å². The molecule has 1 saturated heterocycles. The van der Waals surface area contributed by atoms with Crippen LogP contribution >= 0.6 is 0 Å². The first-order valence-electron chi connectivity index (χ1n) is 6.88. The predicted molar refractivity (Wildman–Crippen MR) is 75.6 cm³/mol. The summed E-state index contributed by atoms with van der Waals surface area (Å²) in [5.74, 6) is -0.290. The Hall–Kier alpha value is -1.95. The molecule has 0 bridgehead atoms. The number of nitrogens with zero attached hydrogens (tertiary/aromatic N) is 2. The maximum absolute atomic E-state index is 12.2. The van der Waals surface area contributed by atoms with Crippen LogP contribution in [0.3, 0.4) is 0 Å². The Morgan fingerprint density at radius 1 is 1.38 bits per heavy atom. The summed E-state index contributed by atoms with van der Waals surface area (Å²) < 4.78 is 42.5. The summed E-state index contributed by atoms with van der Waals surface area (Å²) in [6.07, 6.45) is -8.11. The molecule has 0 aromatic carbocycles. The molecule has 1 aliphatic rings. The van der Waals surface area contributed by atoms with E-state index in [0.29, 0.717) is 0 Å². The van der Waals surface area contributed by atoms with E-state index >= 15 is 0 Å². The molecular weight excluding hydrogens is 335 g/mol. The highest BCUT2D eigenvalue weighted by Gasteiger charge is 2.43. The van der Waals surface area contributed by atoms with Crippen LogP contribution in [0.5, 0.6) is 0 Å². The average molecular weight is 351 g/mol. The van der Waals surface area contributed by atoms with Gasteiger partial charge in [0.25, 0.3) is 0 Å². The Balaban J connectivity index is 2.32. The molecule has 0 spiro atoms. The van der Waals surface area contributed by atoms with Crippen molar-refractivity contribution < 1.29 is 33.2 Å². The number of hydrogen-bond acceptors (Lipinski definition) is 7. The SMILES string of the molecule is Nc1nc(=O)n([C@@H]2O[C@H](CO)[C@@H](O)[C@H]2O)cc1/C=C/CC(F)(F)F. The number of rotatable bonds is 4. The van der Waals surface area contributed by atoms with Crippen LogP contribution in [0.15, 0.2) is 17.1 Å². The summed E-state index contributed by atoms with van der Waals surface area (Å²) in [5, 5.41) is 28.7. The molecule has 1 aromatic heterocycles. The van der Waals surface area contributed by atoms with Gasteiger partial charge in [0, 0.05) is 11.8 Å². The first-order chi connectivity index (χ1) is 11.1. The molecular formula is C13H16F3N3O5. The highest BCUT2D eigenvalue weighted by Crippen LogP contribution is 2.29. The third-order valence-corrected chi connectivity index (χ3v) is 3.45. The van der Waals surface area contributed by atoms with Crippen molar-refractivity contribution in [1.29, 1.82) is 0 Å². The zero-order chi connectivity index (χ0) is 18.1. The second kappa shape index (κ2) is 6.89. The lowest BCUT2D eigenvalue weighted by atomic mass is 10.1. The zero-order valence-corrected chi connectivity index (χ0v) is 12.2. The molecule has 0 unspecified atom stereocenters. The summed E-state index contributed by atoms with van der Waals surface area (Å²) in [6, 6.07) is 0. The number of anilines is 1. The van der Waals surface area contributed by atoms with Gasteiger partial charge in [-0.05, 0) is 0 Å². The zero-order valence-electron chi connectivity index (χ0n) is 12.2. The molecule has 0 aliphatic carbocycles. The lowest BCUT2D eigenvalue weighted by molar-refractivity contribution is -0.124. The molecule has 1 fully saturated rings. The van der Waals surface area contributed by atoms with E-state index in [-0.39, 0.29) is 11.4 Å². The Bertz CT molecular complexity index is 676. The molecule has 134 valence electrons. The van der Waals surface area contributed by atoms with E-state index in [4.69, 9.17) is 15.6 Å². The van der Waals surface area contributed by atoms with E-state index in [1.165, 1.54) is 0 Å². The molecule has 0 saturated carbocycles. The highest BCUT2D eigenvalue weighted by molar-refractivity contribution is 5.59. The molecule has 1 aromatic rings. The summed E-state index contributed by atoms with van der Waals surface area (Å²) >= 11 is 0. The van der Waals surface area contributed by atoms with Crippen molar-refractivity contribution in [3.05, 3.63) is 28.3 Å². The third kappa shape index (κ3) is 3.93. The van der Waals surface area contributed by atoms with Crippen LogP contribution in [-0.4, -0.2) is 56.0 Å². The van der Waals surface area contributed by atoms with Crippen molar-refractivity contribution in [2.75, 3.05) is 12.3 Å². The van der Waals surface area contributed by atoms with E-state index in [1.54, 1.807) is 0 Å². The standard InChI is InChI=1S/C13H16F3N3O5/c14-13(15,16)3-1-2-6-4-19(12(23)18-10(6)17)11-9(22)8(21)7(5-20)24-11/h1-2,4,7-9,11,20-22H,3,5H2,(H2,17,18,23)/b2-1+/t7-,8-,9-,11-/m1/s1. The molecule has 8 nitrogen and oxygen atoms in total. The fourth-order valence-corrected chi connectivity index (χ4v) is 2.24. The molecule has 11 heteroatoms. The van der Waals surface area contributed by atoms with E-state index in [9.17, 15) is 28.2 Å². The number of allylic oxidation sites excluding steroid dienone is 1.